The summed E-state index contributed by atoms with van der Waals surface area (Å²) >= 11 is 0. The molecular formula is C18H30O2Si. The van der Waals surface area contributed by atoms with Crippen LogP contribution in [0.25, 0.3) is 0 Å². The number of unbranched alkanes of at least 4 members (excludes halogenated alkanes) is 2. The minimum absolute atomic E-state index is 0.122. The molecule has 2 nitrogen and oxygen atoms in total. The fraction of sp³-hybridized carbons (Fsp3) is 0.722. The zero-order chi connectivity index (χ0) is 15.8. The largest absolute Gasteiger partial charge is 0.465 e. The Morgan fingerprint density at radius 2 is 2.05 bits per heavy atom. The van der Waals surface area contributed by atoms with Gasteiger partial charge in [-0.05, 0) is 38.7 Å². The molecule has 0 aromatic carbocycles. The number of carbonyl (C=O) groups is 1. The van der Waals surface area contributed by atoms with E-state index in [1.165, 1.54) is 32.1 Å². The summed E-state index contributed by atoms with van der Waals surface area (Å²) < 4.78 is 6.08. The van der Waals surface area contributed by atoms with Crippen molar-refractivity contribution < 1.29 is 9.21 Å². The highest BCUT2D eigenvalue weighted by Gasteiger charge is 2.64. The summed E-state index contributed by atoms with van der Waals surface area (Å²) in [6.45, 7) is 13.1. The van der Waals surface area contributed by atoms with Crippen LogP contribution in [0.4, 0.5) is 0 Å². The Morgan fingerprint density at radius 3 is 2.52 bits per heavy atom. The lowest BCUT2D eigenvalue weighted by Crippen LogP contribution is -2.40. The van der Waals surface area contributed by atoms with Crippen molar-refractivity contribution in [2.24, 2.45) is 5.92 Å². The highest BCUT2D eigenvalue weighted by molar-refractivity contribution is 6.79. The molecule has 2 atom stereocenters. The highest BCUT2D eigenvalue weighted by Crippen LogP contribution is 2.62. The number of furan rings is 1. The minimum Gasteiger partial charge on any atom is -0.465 e. The Labute approximate surface area is 130 Å². The Kier molecular flexibility index (Phi) is 4.53. The molecule has 3 heteroatoms. The Balaban J connectivity index is 2.27. The van der Waals surface area contributed by atoms with E-state index >= 15 is 0 Å². The summed E-state index contributed by atoms with van der Waals surface area (Å²) in [4.78, 5) is 11.7. The molecular weight excluding hydrogens is 276 g/mol. The molecule has 2 rings (SSSR count). The van der Waals surface area contributed by atoms with Crippen LogP contribution >= 0.6 is 0 Å². The summed E-state index contributed by atoms with van der Waals surface area (Å²) in [5.41, 5.74) is 0.779. The first-order chi connectivity index (χ1) is 9.74. The van der Waals surface area contributed by atoms with Crippen LogP contribution in [0.3, 0.4) is 0 Å². The first-order valence-corrected chi connectivity index (χ1v) is 11.9. The van der Waals surface area contributed by atoms with E-state index in [1.807, 2.05) is 6.92 Å². The quantitative estimate of drug-likeness (QED) is 0.378. The maximum atomic E-state index is 11.7. The molecule has 0 aliphatic heterocycles. The van der Waals surface area contributed by atoms with E-state index in [-0.39, 0.29) is 10.8 Å². The third kappa shape index (κ3) is 2.90. The fourth-order valence-electron chi connectivity index (χ4n) is 3.96. The number of ketones is 1. The van der Waals surface area contributed by atoms with Gasteiger partial charge in [-0.25, -0.2) is 0 Å². The Hall–Kier alpha value is -0.833. The first kappa shape index (κ1) is 16.5. The van der Waals surface area contributed by atoms with Crippen molar-refractivity contribution in [3.63, 3.8) is 0 Å². The van der Waals surface area contributed by atoms with E-state index < -0.39 is 8.07 Å². The number of hydrogen-bond acceptors (Lipinski definition) is 2. The van der Waals surface area contributed by atoms with E-state index in [4.69, 9.17) is 4.42 Å². The molecule has 1 saturated carbocycles. The van der Waals surface area contributed by atoms with Gasteiger partial charge >= 0.3 is 0 Å². The topological polar surface area (TPSA) is 30.2 Å². The summed E-state index contributed by atoms with van der Waals surface area (Å²) in [7, 11) is -1.39. The van der Waals surface area contributed by atoms with Crippen molar-refractivity contribution in [2.75, 3.05) is 0 Å². The molecule has 21 heavy (non-hydrogen) atoms. The summed E-state index contributed by atoms with van der Waals surface area (Å²) in [5, 5.41) is 0.263. The molecule has 1 aromatic rings. The fourth-order valence-corrected chi connectivity index (χ4v) is 7.05. The van der Waals surface area contributed by atoms with Crippen LogP contribution in [0.15, 0.2) is 10.5 Å². The molecule has 1 aliphatic carbocycles. The van der Waals surface area contributed by atoms with Crippen molar-refractivity contribution in [3.8, 4) is 0 Å². The SMILES string of the molecule is CCCCC[C@@H]1C[C@@]1(c1cc(C(C)=O)c(C)o1)[Si](C)(C)C. The van der Waals surface area contributed by atoms with Crippen molar-refractivity contribution >= 4 is 13.9 Å². The number of hydrogen-bond donors (Lipinski definition) is 0. The van der Waals surface area contributed by atoms with Crippen molar-refractivity contribution in [1.82, 2.24) is 0 Å². The van der Waals surface area contributed by atoms with Gasteiger partial charge in [-0.2, -0.15) is 0 Å². The number of aryl methyl sites for hydroxylation is 1. The second kappa shape index (κ2) is 5.75. The molecule has 0 unspecified atom stereocenters. The molecule has 0 amide bonds. The van der Waals surface area contributed by atoms with Crippen molar-refractivity contribution in [3.05, 3.63) is 23.2 Å². The maximum Gasteiger partial charge on any atom is 0.163 e. The third-order valence-corrected chi connectivity index (χ3v) is 8.87. The lowest BCUT2D eigenvalue weighted by atomic mass is 10.1. The van der Waals surface area contributed by atoms with Gasteiger partial charge in [-0.15, -0.1) is 0 Å². The van der Waals surface area contributed by atoms with Crippen LogP contribution < -0.4 is 0 Å². The predicted molar refractivity (Wildman–Crippen MR) is 90.7 cm³/mol. The summed E-state index contributed by atoms with van der Waals surface area (Å²) in [6.07, 6.45) is 6.51. The first-order valence-electron chi connectivity index (χ1n) is 8.36. The zero-order valence-electron chi connectivity index (χ0n) is 14.5. The summed E-state index contributed by atoms with van der Waals surface area (Å²) in [5.74, 6) is 2.79. The van der Waals surface area contributed by atoms with Gasteiger partial charge in [0.1, 0.15) is 11.5 Å². The van der Waals surface area contributed by atoms with Gasteiger partial charge < -0.3 is 4.42 Å². The molecule has 1 heterocycles. The van der Waals surface area contributed by atoms with Crippen molar-refractivity contribution in [2.45, 2.75) is 77.6 Å². The highest BCUT2D eigenvalue weighted by atomic mass is 28.3. The van der Waals surface area contributed by atoms with Gasteiger partial charge in [-0.1, -0.05) is 45.8 Å². The Morgan fingerprint density at radius 1 is 1.38 bits per heavy atom. The van der Waals surface area contributed by atoms with Gasteiger partial charge in [0.25, 0.3) is 0 Å². The zero-order valence-corrected chi connectivity index (χ0v) is 15.5. The van der Waals surface area contributed by atoms with Crippen LogP contribution in [-0.4, -0.2) is 13.9 Å². The molecule has 0 N–H and O–H groups in total. The monoisotopic (exact) mass is 306 g/mol. The van der Waals surface area contributed by atoms with Crippen molar-refractivity contribution in [1.29, 1.82) is 0 Å². The molecule has 118 valence electrons. The number of rotatable bonds is 7. The number of carbonyl (C=O) groups excluding carboxylic acids is 1. The molecule has 1 fully saturated rings. The molecule has 0 bridgehead atoms. The molecule has 0 radical (unpaired) electrons. The van der Waals surface area contributed by atoms with Gasteiger partial charge in [0.05, 0.1) is 13.6 Å². The smallest absolute Gasteiger partial charge is 0.163 e. The normalized spacial score (nSPS) is 25.1. The summed E-state index contributed by atoms with van der Waals surface area (Å²) in [6, 6.07) is 2.05. The van der Waals surface area contributed by atoms with E-state index in [1.54, 1.807) is 6.92 Å². The predicted octanol–water partition coefficient (Wildman–Crippen LogP) is 5.51. The van der Waals surface area contributed by atoms with Crippen LogP contribution in [-0.2, 0) is 5.04 Å². The Bertz CT molecular complexity index is 524. The molecule has 0 spiro atoms. The maximum absolute atomic E-state index is 11.7. The average Bonchev–Trinajstić information content (AvgIpc) is 2.98. The second-order valence-electron chi connectivity index (χ2n) is 7.75. The van der Waals surface area contributed by atoms with Gasteiger partial charge in [0.15, 0.2) is 5.78 Å². The number of Topliss-reactive ketones (excluding diaryl/α,β-unsaturated/α-hetero) is 1. The van der Waals surface area contributed by atoms with Crippen LogP contribution in [0, 0.1) is 12.8 Å². The minimum atomic E-state index is -1.39. The van der Waals surface area contributed by atoms with Crippen LogP contribution in [0.2, 0.25) is 19.6 Å². The van der Waals surface area contributed by atoms with Gasteiger partial charge in [0.2, 0.25) is 0 Å². The molecule has 1 aromatic heterocycles. The van der Waals surface area contributed by atoms with E-state index in [0.29, 0.717) is 0 Å². The van der Waals surface area contributed by atoms with E-state index in [2.05, 4.69) is 32.6 Å². The van der Waals surface area contributed by atoms with E-state index in [0.717, 1.165) is 23.0 Å². The average molecular weight is 307 g/mol. The van der Waals surface area contributed by atoms with Gasteiger partial charge in [-0.3, -0.25) is 4.79 Å². The van der Waals surface area contributed by atoms with Crippen LogP contribution in [0.5, 0.6) is 0 Å². The second-order valence-corrected chi connectivity index (χ2v) is 13.1. The van der Waals surface area contributed by atoms with E-state index in [9.17, 15) is 4.79 Å². The molecule has 0 saturated heterocycles. The lowest BCUT2D eigenvalue weighted by Gasteiger charge is -2.29. The third-order valence-electron chi connectivity index (χ3n) is 5.34. The van der Waals surface area contributed by atoms with Crippen LogP contribution in [0.1, 0.15) is 67.8 Å². The standard InChI is InChI=1S/C18H30O2Si/c1-7-8-9-10-15-12-18(15,21(4,5)6)17-11-16(13(2)19)14(3)20-17/h11,15H,7-10,12H2,1-6H3/t15-,18-/m1/s1. The lowest BCUT2D eigenvalue weighted by molar-refractivity contribution is 0.101. The van der Waals surface area contributed by atoms with Gasteiger partial charge in [0, 0.05) is 5.04 Å². The molecule has 1 aliphatic rings.